The summed E-state index contributed by atoms with van der Waals surface area (Å²) in [5, 5.41) is 4.20. The lowest BCUT2D eigenvalue weighted by atomic mass is 10.2. The molecule has 1 aromatic heterocycles. The van der Waals surface area contributed by atoms with Gasteiger partial charge in [0.2, 0.25) is 0 Å². The Kier molecular flexibility index (Phi) is 7.06. The molecule has 1 heterocycles. The number of benzene rings is 1. The van der Waals surface area contributed by atoms with Crippen LogP contribution in [0.5, 0.6) is 5.75 Å². The maximum absolute atomic E-state index is 13.0. The first-order valence-corrected chi connectivity index (χ1v) is 8.76. The first-order valence-electron chi connectivity index (χ1n) is 8.76. The summed E-state index contributed by atoms with van der Waals surface area (Å²) < 4.78 is 50.5. The third kappa shape index (κ3) is 5.25. The summed E-state index contributed by atoms with van der Waals surface area (Å²) in [6.45, 7) is 5.17. The minimum Gasteiger partial charge on any atom is -0.493 e. The van der Waals surface area contributed by atoms with Crippen molar-refractivity contribution >= 4 is 5.91 Å². The molecular formula is C19H24F3N3O3. The molecule has 2 rings (SSSR count). The minimum atomic E-state index is -4.47. The van der Waals surface area contributed by atoms with E-state index < -0.39 is 11.7 Å². The van der Waals surface area contributed by atoms with E-state index in [1.807, 2.05) is 13.8 Å². The number of hydrogen-bond acceptors (Lipinski definition) is 4. The van der Waals surface area contributed by atoms with Gasteiger partial charge in [0.1, 0.15) is 0 Å². The summed E-state index contributed by atoms with van der Waals surface area (Å²) in [6.07, 6.45) is -3.08. The Morgan fingerprint density at radius 3 is 2.57 bits per heavy atom. The van der Waals surface area contributed by atoms with Gasteiger partial charge in [-0.15, -0.1) is 0 Å². The van der Waals surface area contributed by atoms with Crippen LogP contribution in [0.1, 0.15) is 29.9 Å². The Morgan fingerprint density at radius 1 is 1.29 bits per heavy atom. The first-order chi connectivity index (χ1) is 13.2. The molecule has 0 fully saturated rings. The van der Waals surface area contributed by atoms with E-state index in [0.29, 0.717) is 19.7 Å². The van der Waals surface area contributed by atoms with Gasteiger partial charge in [0, 0.05) is 20.2 Å². The zero-order chi connectivity index (χ0) is 20.9. The van der Waals surface area contributed by atoms with Crippen molar-refractivity contribution in [2.75, 3.05) is 33.9 Å². The zero-order valence-electron chi connectivity index (χ0n) is 16.3. The van der Waals surface area contributed by atoms with Crippen molar-refractivity contribution in [2.24, 2.45) is 5.92 Å². The highest BCUT2D eigenvalue weighted by Crippen LogP contribution is 2.31. The lowest BCUT2D eigenvalue weighted by Crippen LogP contribution is -2.37. The molecule has 0 unspecified atom stereocenters. The van der Waals surface area contributed by atoms with Crippen LogP contribution >= 0.6 is 0 Å². The van der Waals surface area contributed by atoms with Gasteiger partial charge in [-0.2, -0.15) is 18.3 Å². The van der Waals surface area contributed by atoms with Crippen LogP contribution in [0.15, 0.2) is 30.5 Å². The Labute approximate surface area is 161 Å². The third-order valence-corrected chi connectivity index (χ3v) is 3.98. The third-order valence-electron chi connectivity index (χ3n) is 3.98. The Morgan fingerprint density at radius 2 is 2.00 bits per heavy atom. The molecular weight excluding hydrogens is 375 g/mol. The molecule has 0 saturated carbocycles. The number of carbonyl (C=O) groups is 1. The minimum absolute atomic E-state index is 0.0386. The molecule has 0 radical (unpaired) electrons. The molecule has 1 aromatic carbocycles. The normalized spacial score (nSPS) is 11.7. The SMILES string of the molecule is COCCN(CC(C)C)C(=O)c1nn(-c2cccc(C(F)(F)F)c2)cc1OC. The fourth-order valence-corrected chi connectivity index (χ4v) is 2.68. The molecule has 2 aromatic rings. The highest BCUT2D eigenvalue weighted by atomic mass is 19.4. The second-order valence-corrected chi connectivity index (χ2v) is 6.68. The molecule has 154 valence electrons. The fraction of sp³-hybridized carbons (Fsp3) is 0.474. The van der Waals surface area contributed by atoms with E-state index in [1.54, 1.807) is 12.0 Å². The van der Waals surface area contributed by atoms with Crippen molar-refractivity contribution in [2.45, 2.75) is 20.0 Å². The van der Waals surface area contributed by atoms with Crippen LogP contribution in [0.25, 0.3) is 5.69 Å². The van der Waals surface area contributed by atoms with Gasteiger partial charge < -0.3 is 14.4 Å². The van der Waals surface area contributed by atoms with Gasteiger partial charge in [-0.05, 0) is 24.1 Å². The monoisotopic (exact) mass is 399 g/mol. The van der Waals surface area contributed by atoms with E-state index in [0.717, 1.165) is 12.1 Å². The van der Waals surface area contributed by atoms with E-state index in [9.17, 15) is 18.0 Å². The molecule has 0 atom stereocenters. The molecule has 1 amide bonds. The van der Waals surface area contributed by atoms with Crippen LogP contribution in [0.3, 0.4) is 0 Å². The lowest BCUT2D eigenvalue weighted by molar-refractivity contribution is -0.137. The van der Waals surface area contributed by atoms with Crippen molar-refractivity contribution in [3.63, 3.8) is 0 Å². The van der Waals surface area contributed by atoms with E-state index in [1.165, 1.54) is 30.1 Å². The Bertz CT molecular complexity index is 803. The van der Waals surface area contributed by atoms with Crippen LogP contribution in [0, 0.1) is 5.92 Å². The molecule has 28 heavy (non-hydrogen) atoms. The Balaban J connectivity index is 2.39. The van der Waals surface area contributed by atoms with Crippen LogP contribution in [0.4, 0.5) is 13.2 Å². The molecule has 9 heteroatoms. The number of alkyl halides is 3. The van der Waals surface area contributed by atoms with Gasteiger partial charge in [0.25, 0.3) is 5.91 Å². The highest BCUT2D eigenvalue weighted by molar-refractivity contribution is 5.95. The summed E-state index contributed by atoms with van der Waals surface area (Å²) in [7, 11) is 2.92. The number of hydrogen-bond donors (Lipinski definition) is 0. The van der Waals surface area contributed by atoms with Crippen LogP contribution in [0.2, 0.25) is 0 Å². The predicted octanol–water partition coefficient (Wildman–Crippen LogP) is 3.64. The van der Waals surface area contributed by atoms with Gasteiger partial charge >= 0.3 is 6.18 Å². The molecule has 6 nitrogen and oxygen atoms in total. The van der Waals surface area contributed by atoms with Crippen LogP contribution in [-0.2, 0) is 10.9 Å². The van der Waals surface area contributed by atoms with Crippen LogP contribution in [-0.4, -0.2) is 54.5 Å². The van der Waals surface area contributed by atoms with E-state index in [-0.39, 0.29) is 29.0 Å². The van der Waals surface area contributed by atoms with E-state index >= 15 is 0 Å². The zero-order valence-corrected chi connectivity index (χ0v) is 16.3. The smallest absolute Gasteiger partial charge is 0.416 e. The number of amides is 1. The van der Waals surface area contributed by atoms with E-state index in [4.69, 9.17) is 9.47 Å². The number of rotatable bonds is 8. The second-order valence-electron chi connectivity index (χ2n) is 6.68. The maximum Gasteiger partial charge on any atom is 0.416 e. The van der Waals surface area contributed by atoms with Crippen molar-refractivity contribution in [3.05, 3.63) is 41.7 Å². The average molecular weight is 399 g/mol. The van der Waals surface area contributed by atoms with Crippen LogP contribution < -0.4 is 4.74 Å². The average Bonchev–Trinajstić information content (AvgIpc) is 3.08. The molecule has 0 aliphatic carbocycles. The highest BCUT2D eigenvalue weighted by Gasteiger charge is 2.31. The predicted molar refractivity (Wildman–Crippen MR) is 97.7 cm³/mol. The van der Waals surface area contributed by atoms with Crippen molar-refractivity contribution in [1.82, 2.24) is 14.7 Å². The fourth-order valence-electron chi connectivity index (χ4n) is 2.68. The number of methoxy groups -OCH3 is 2. The number of carbonyl (C=O) groups excluding carboxylic acids is 1. The number of halogens is 3. The number of ether oxygens (including phenoxy) is 2. The van der Waals surface area contributed by atoms with E-state index in [2.05, 4.69) is 5.10 Å². The van der Waals surface area contributed by atoms with Gasteiger partial charge in [0.05, 0.1) is 31.2 Å². The Hall–Kier alpha value is -2.55. The first kappa shape index (κ1) is 21.7. The molecule has 0 bridgehead atoms. The lowest BCUT2D eigenvalue weighted by Gasteiger charge is -2.23. The standard InChI is InChI=1S/C19H24F3N3O3/c1-13(2)11-24(8-9-27-3)18(26)17-16(28-4)12-25(23-17)15-7-5-6-14(10-15)19(20,21)22/h5-7,10,12-13H,8-9,11H2,1-4H3. The summed E-state index contributed by atoms with van der Waals surface area (Å²) in [4.78, 5) is 14.6. The largest absolute Gasteiger partial charge is 0.493 e. The quantitative estimate of drug-likeness (QED) is 0.680. The number of nitrogens with zero attached hydrogens (tertiary/aromatic N) is 3. The maximum atomic E-state index is 13.0. The topological polar surface area (TPSA) is 56.6 Å². The second kappa shape index (κ2) is 9.09. The molecule has 0 saturated heterocycles. The van der Waals surface area contributed by atoms with Gasteiger partial charge in [-0.3, -0.25) is 4.79 Å². The van der Waals surface area contributed by atoms with Gasteiger partial charge in [0.15, 0.2) is 11.4 Å². The number of aromatic nitrogens is 2. The van der Waals surface area contributed by atoms with Crippen molar-refractivity contribution in [3.8, 4) is 11.4 Å². The summed E-state index contributed by atoms with van der Waals surface area (Å²) in [5.74, 6) is 0.0410. The summed E-state index contributed by atoms with van der Waals surface area (Å²) in [6, 6.07) is 4.72. The molecule has 0 aliphatic heterocycles. The van der Waals surface area contributed by atoms with Crippen molar-refractivity contribution in [1.29, 1.82) is 0 Å². The van der Waals surface area contributed by atoms with Gasteiger partial charge in [-0.1, -0.05) is 19.9 Å². The van der Waals surface area contributed by atoms with Gasteiger partial charge in [-0.25, -0.2) is 4.68 Å². The molecule has 0 aliphatic rings. The molecule has 0 N–H and O–H groups in total. The summed E-state index contributed by atoms with van der Waals surface area (Å²) >= 11 is 0. The molecule has 0 spiro atoms. The van der Waals surface area contributed by atoms with Crippen molar-refractivity contribution < 1.29 is 27.4 Å². The summed E-state index contributed by atoms with van der Waals surface area (Å²) in [5.41, 5.74) is -0.579.